The van der Waals surface area contributed by atoms with Crippen LogP contribution in [-0.2, 0) is 11.2 Å². The number of carbonyl (C=O) groups is 2. The number of amides is 1. The summed E-state index contributed by atoms with van der Waals surface area (Å²) < 4.78 is 5.09. The highest BCUT2D eigenvalue weighted by Gasteiger charge is 2.18. The minimum atomic E-state index is -0.324. The van der Waals surface area contributed by atoms with Gasteiger partial charge in [-0.1, -0.05) is 6.92 Å². The van der Waals surface area contributed by atoms with E-state index in [9.17, 15) is 9.59 Å². The van der Waals surface area contributed by atoms with E-state index in [1.54, 1.807) is 31.4 Å². The highest BCUT2D eigenvalue weighted by Crippen LogP contribution is 2.31. The number of alkyl halides is 1. The van der Waals surface area contributed by atoms with E-state index in [0.29, 0.717) is 21.9 Å². The molecule has 2 rings (SSSR count). The Kier molecular flexibility index (Phi) is 5.57. The Morgan fingerprint density at radius 3 is 2.50 bits per heavy atom. The Balaban J connectivity index is 2.34. The maximum absolute atomic E-state index is 12.6. The molecule has 0 bridgehead atoms. The first-order valence-electron chi connectivity index (χ1n) is 6.76. The van der Waals surface area contributed by atoms with Gasteiger partial charge in [0.1, 0.15) is 16.6 Å². The molecule has 4 nitrogen and oxygen atoms in total. The molecule has 0 fully saturated rings. The molecule has 1 aromatic carbocycles. The van der Waals surface area contributed by atoms with Gasteiger partial charge in [-0.2, -0.15) is 0 Å². The lowest BCUT2D eigenvalue weighted by Gasteiger charge is -2.05. The van der Waals surface area contributed by atoms with Gasteiger partial charge < -0.3 is 10.1 Å². The minimum Gasteiger partial charge on any atom is -0.497 e. The van der Waals surface area contributed by atoms with Crippen LogP contribution in [0.3, 0.4) is 0 Å². The van der Waals surface area contributed by atoms with Crippen LogP contribution >= 0.6 is 22.9 Å². The van der Waals surface area contributed by atoms with Crippen LogP contribution in [-0.4, -0.2) is 24.7 Å². The standard InChI is InChI=1S/C16H16ClNO3S/c1-3-12-8-13(16(22-12)18-14(19)9-17)15(20)10-4-6-11(21-2)7-5-10/h4-8H,3,9H2,1-2H3,(H,18,19). The fourth-order valence-corrected chi connectivity index (χ4v) is 3.01. The lowest BCUT2D eigenvalue weighted by molar-refractivity contribution is -0.113. The van der Waals surface area contributed by atoms with Crippen molar-refractivity contribution in [2.75, 3.05) is 18.3 Å². The number of rotatable bonds is 6. The van der Waals surface area contributed by atoms with Crippen molar-refractivity contribution in [1.82, 2.24) is 0 Å². The Bertz CT molecular complexity index is 679. The fourth-order valence-electron chi connectivity index (χ4n) is 1.94. The quantitative estimate of drug-likeness (QED) is 0.645. The monoisotopic (exact) mass is 337 g/mol. The molecular weight excluding hydrogens is 322 g/mol. The Labute approximate surface area is 138 Å². The predicted octanol–water partition coefficient (Wildman–Crippen LogP) is 3.73. The topological polar surface area (TPSA) is 55.4 Å². The summed E-state index contributed by atoms with van der Waals surface area (Å²) in [6, 6.07) is 8.70. The first kappa shape index (κ1) is 16.5. The largest absolute Gasteiger partial charge is 0.497 e. The van der Waals surface area contributed by atoms with Crippen LogP contribution in [0.2, 0.25) is 0 Å². The number of methoxy groups -OCH3 is 1. The molecule has 0 spiro atoms. The Hall–Kier alpha value is -1.85. The molecule has 0 aliphatic carbocycles. The summed E-state index contributed by atoms with van der Waals surface area (Å²) in [5.41, 5.74) is 1.04. The maximum Gasteiger partial charge on any atom is 0.239 e. The second-order valence-electron chi connectivity index (χ2n) is 4.55. The van der Waals surface area contributed by atoms with E-state index < -0.39 is 0 Å². The molecule has 116 valence electrons. The highest BCUT2D eigenvalue weighted by atomic mass is 35.5. The second-order valence-corrected chi connectivity index (χ2v) is 5.95. The molecule has 1 aromatic heterocycles. The van der Waals surface area contributed by atoms with Crippen molar-refractivity contribution in [2.24, 2.45) is 0 Å². The summed E-state index contributed by atoms with van der Waals surface area (Å²) >= 11 is 6.92. The summed E-state index contributed by atoms with van der Waals surface area (Å²) in [5.74, 6) is 0.0837. The zero-order valence-electron chi connectivity index (χ0n) is 12.3. The normalized spacial score (nSPS) is 10.3. The Morgan fingerprint density at radius 1 is 1.27 bits per heavy atom. The second kappa shape index (κ2) is 7.42. The third-order valence-electron chi connectivity index (χ3n) is 3.10. The molecule has 0 unspecified atom stereocenters. The van der Waals surface area contributed by atoms with Gasteiger partial charge in [-0.3, -0.25) is 9.59 Å². The number of carbonyl (C=O) groups excluding carboxylic acids is 2. The SMILES string of the molecule is CCc1cc(C(=O)c2ccc(OC)cc2)c(NC(=O)CCl)s1. The van der Waals surface area contributed by atoms with Crippen LogP contribution in [0.15, 0.2) is 30.3 Å². The molecule has 0 saturated heterocycles. The molecule has 2 aromatic rings. The average Bonchev–Trinajstić information content (AvgIpc) is 2.97. The number of anilines is 1. The van der Waals surface area contributed by atoms with E-state index >= 15 is 0 Å². The third kappa shape index (κ3) is 3.67. The number of thiophene rings is 1. The molecule has 0 aliphatic rings. The summed E-state index contributed by atoms with van der Waals surface area (Å²) in [7, 11) is 1.57. The van der Waals surface area contributed by atoms with E-state index in [-0.39, 0.29) is 17.6 Å². The first-order valence-corrected chi connectivity index (χ1v) is 8.11. The van der Waals surface area contributed by atoms with Gasteiger partial charge in [-0.15, -0.1) is 22.9 Å². The van der Waals surface area contributed by atoms with Crippen LogP contribution in [0.4, 0.5) is 5.00 Å². The van der Waals surface area contributed by atoms with Crippen molar-refractivity contribution < 1.29 is 14.3 Å². The van der Waals surface area contributed by atoms with Crippen LogP contribution in [0.5, 0.6) is 5.75 Å². The van der Waals surface area contributed by atoms with Gasteiger partial charge in [0.25, 0.3) is 0 Å². The molecule has 0 atom stereocenters. The van der Waals surface area contributed by atoms with Crippen LogP contribution < -0.4 is 10.1 Å². The summed E-state index contributed by atoms with van der Waals surface area (Å²) in [5, 5.41) is 3.23. The van der Waals surface area contributed by atoms with Crippen molar-refractivity contribution >= 4 is 39.6 Å². The van der Waals surface area contributed by atoms with E-state index in [4.69, 9.17) is 16.3 Å². The van der Waals surface area contributed by atoms with Crippen molar-refractivity contribution in [2.45, 2.75) is 13.3 Å². The van der Waals surface area contributed by atoms with Crippen LogP contribution in [0.25, 0.3) is 0 Å². The molecule has 6 heteroatoms. The molecule has 0 aliphatic heterocycles. The predicted molar refractivity (Wildman–Crippen MR) is 89.5 cm³/mol. The number of ether oxygens (including phenoxy) is 1. The van der Waals surface area contributed by atoms with Crippen LogP contribution in [0.1, 0.15) is 27.7 Å². The number of hydrogen-bond donors (Lipinski definition) is 1. The fraction of sp³-hybridized carbons (Fsp3) is 0.250. The first-order chi connectivity index (χ1) is 10.6. The van der Waals surface area contributed by atoms with E-state index in [1.807, 2.05) is 13.0 Å². The van der Waals surface area contributed by atoms with Gasteiger partial charge in [0.15, 0.2) is 5.78 Å². The zero-order valence-corrected chi connectivity index (χ0v) is 13.9. The maximum atomic E-state index is 12.6. The highest BCUT2D eigenvalue weighted by molar-refractivity contribution is 7.16. The lowest BCUT2D eigenvalue weighted by Crippen LogP contribution is -2.14. The van der Waals surface area contributed by atoms with Crippen molar-refractivity contribution in [3.63, 3.8) is 0 Å². The number of hydrogen-bond acceptors (Lipinski definition) is 4. The van der Waals surface area contributed by atoms with Crippen molar-refractivity contribution in [3.8, 4) is 5.75 Å². The van der Waals surface area contributed by atoms with Crippen molar-refractivity contribution in [3.05, 3.63) is 46.3 Å². The number of nitrogens with one attached hydrogen (secondary N) is 1. The van der Waals surface area contributed by atoms with E-state index in [2.05, 4.69) is 5.32 Å². The Morgan fingerprint density at radius 2 is 1.95 bits per heavy atom. The van der Waals surface area contributed by atoms with Crippen molar-refractivity contribution in [1.29, 1.82) is 0 Å². The molecule has 1 heterocycles. The number of halogens is 1. The van der Waals surface area contributed by atoms with Gasteiger partial charge in [-0.25, -0.2) is 0 Å². The number of ketones is 1. The average molecular weight is 338 g/mol. The molecule has 0 saturated carbocycles. The number of benzene rings is 1. The zero-order chi connectivity index (χ0) is 16.1. The smallest absolute Gasteiger partial charge is 0.239 e. The van der Waals surface area contributed by atoms with Gasteiger partial charge in [0.05, 0.1) is 12.7 Å². The summed E-state index contributed by atoms with van der Waals surface area (Å²) in [6.45, 7) is 2.00. The number of aryl methyl sites for hydroxylation is 1. The molecule has 22 heavy (non-hydrogen) atoms. The summed E-state index contributed by atoms with van der Waals surface area (Å²) in [4.78, 5) is 25.2. The molecular formula is C16H16ClNO3S. The molecule has 0 radical (unpaired) electrons. The van der Waals surface area contributed by atoms with Gasteiger partial charge in [0, 0.05) is 10.4 Å². The van der Waals surface area contributed by atoms with Gasteiger partial charge >= 0.3 is 0 Å². The molecule has 1 N–H and O–H groups in total. The lowest BCUT2D eigenvalue weighted by atomic mass is 10.0. The third-order valence-corrected chi connectivity index (χ3v) is 4.54. The van der Waals surface area contributed by atoms with Gasteiger partial charge in [0.2, 0.25) is 5.91 Å². The minimum absolute atomic E-state index is 0.136. The van der Waals surface area contributed by atoms with E-state index in [0.717, 1.165) is 11.3 Å². The van der Waals surface area contributed by atoms with E-state index in [1.165, 1.54) is 11.3 Å². The van der Waals surface area contributed by atoms with Crippen LogP contribution in [0, 0.1) is 0 Å². The summed E-state index contributed by atoms with van der Waals surface area (Å²) in [6.07, 6.45) is 0.796. The van der Waals surface area contributed by atoms with Gasteiger partial charge in [-0.05, 0) is 36.8 Å². The molecule has 1 amide bonds.